The van der Waals surface area contributed by atoms with Crippen molar-refractivity contribution in [1.82, 2.24) is 24.1 Å². The van der Waals surface area contributed by atoms with Crippen LogP contribution in [0.5, 0.6) is 0 Å². The molecule has 10 nitrogen and oxygen atoms in total. The molecule has 5 rings (SSSR count). The second-order valence-corrected chi connectivity index (χ2v) is 9.18. The molecule has 41 heavy (non-hydrogen) atoms. The SMILES string of the molecule is CC/C=N\c1c(C(N)=O)c(N)nn1C.CCc1cc2cccc(C#Cc3cnn(C)c3)c2c(=O)n1-c1ccccc1. The lowest BCUT2D eigenvalue weighted by Crippen LogP contribution is -2.22. The highest BCUT2D eigenvalue weighted by Crippen LogP contribution is 2.23. The van der Waals surface area contributed by atoms with E-state index in [-0.39, 0.29) is 16.9 Å². The van der Waals surface area contributed by atoms with Crippen molar-refractivity contribution < 1.29 is 4.79 Å². The minimum Gasteiger partial charge on any atom is -0.381 e. The normalized spacial score (nSPS) is 10.7. The molecule has 0 radical (unpaired) electrons. The number of carbonyl (C=O) groups is 1. The third-order valence-electron chi connectivity index (χ3n) is 6.23. The van der Waals surface area contributed by atoms with E-state index >= 15 is 0 Å². The maximum Gasteiger partial charge on any atom is 0.264 e. The number of fused-ring (bicyclic) bond motifs is 1. The number of hydrogen-bond donors (Lipinski definition) is 2. The maximum absolute atomic E-state index is 13.4. The molecule has 0 bridgehead atoms. The van der Waals surface area contributed by atoms with E-state index in [9.17, 15) is 9.59 Å². The first-order valence-electron chi connectivity index (χ1n) is 13.1. The van der Waals surface area contributed by atoms with Crippen molar-refractivity contribution in [3.8, 4) is 17.5 Å². The van der Waals surface area contributed by atoms with Crippen molar-refractivity contribution in [3.63, 3.8) is 0 Å². The fourth-order valence-corrected chi connectivity index (χ4v) is 4.36. The Morgan fingerprint density at radius 1 is 1.07 bits per heavy atom. The first-order chi connectivity index (χ1) is 19.7. The van der Waals surface area contributed by atoms with Gasteiger partial charge in [-0.3, -0.25) is 18.8 Å². The minimum atomic E-state index is -0.612. The summed E-state index contributed by atoms with van der Waals surface area (Å²) in [6.07, 6.45) is 6.78. The molecule has 0 fully saturated rings. The molecule has 5 aromatic rings. The zero-order valence-corrected chi connectivity index (χ0v) is 23.5. The lowest BCUT2D eigenvalue weighted by Gasteiger charge is -2.14. The summed E-state index contributed by atoms with van der Waals surface area (Å²) in [6, 6.07) is 17.6. The predicted octanol–water partition coefficient (Wildman–Crippen LogP) is 3.90. The summed E-state index contributed by atoms with van der Waals surface area (Å²) >= 11 is 0. The molecule has 1 amide bonds. The monoisotopic (exact) mass is 548 g/mol. The molecular formula is C31H32N8O2. The van der Waals surface area contributed by atoms with Gasteiger partial charge < -0.3 is 11.5 Å². The van der Waals surface area contributed by atoms with E-state index in [2.05, 4.69) is 40.0 Å². The van der Waals surface area contributed by atoms with Gasteiger partial charge in [-0.1, -0.05) is 56.0 Å². The van der Waals surface area contributed by atoms with Crippen LogP contribution >= 0.6 is 0 Å². The molecular weight excluding hydrogens is 516 g/mol. The summed E-state index contributed by atoms with van der Waals surface area (Å²) in [5.41, 5.74) is 14.2. The van der Waals surface area contributed by atoms with E-state index in [1.165, 1.54) is 4.68 Å². The van der Waals surface area contributed by atoms with Gasteiger partial charge in [0.15, 0.2) is 11.6 Å². The Hall–Kier alpha value is -5.43. The fourth-order valence-electron chi connectivity index (χ4n) is 4.36. The summed E-state index contributed by atoms with van der Waals surface area (Å²) in [7, 11) is 3.51. The first-order valence-corrected chi connectivity index (χ1v) is 13.1. The van der Waals surface area contributed by atoms with Crippen LogP contribution in [0.2, 0.25) is 0 Å². The highest BCUT2D eigenvalue weighted by atomic mass is 16.1. The van der Waals surface area contributed by atoms with Crippen LogP contribution in [0.1, 0.15) is 47.4 Å². The van der Waals surface area contributed by atoms with Crippen molar-refractivity contribution in [1.29, 1.82) is 0 Å². The van der Waals surface area contributed by atoms with Gasteiger partial charge in [0.1, 0.15) is 5.56 Å². The van der Waals surface area contributed by atoms with Crippen molar-refractivity contribution in [2.75, 3.05) is 5.73 Å². The number of nitrogens with two attached hydrogens (primary N) is 2. The van der Waals surface area contributed by atoms with Crippen molar-refractivity contribution >= 4 is 34.5 Å². The van der Waals surface area contributed by atoms with Crippen LogP contribution in [0.15, 0.2) is 76.8 Å². The number of nitrogens with zero attached hydrogens (tertiary/aromatic N) is 6. The Kier molecular flexibility index (Phi) is 8.79. The maximum atomic E-state index is 13.4. The first kappa shape index (κ1) is 28.6. The number of aromatic nitrogens is 5. The molecule has 3 aromatic heterocycles. The number of benzene rings is 2. The molecule has 0 aliphatic rings. The summed E-state index contributed by atoms with van der Waals surface area (Å²) in [5.74, 6) is 6.17. The fraction of sp³-hybridized carbons (Fsp3) is 0.194. The Bertz CT molecular complexity index is 1850. The second-order valence-electron chi connectivity index (χ2n) is 9.18. The molecule has 0 saturated carbocycles. The van der Waals surface area contributed by atoms with Crippen molar-refractivity contribution in [2.45, 2.75) is 26.7 Å². The van der Waals surface area contributed by atoms with E-state index in [4.69, 9.17) is 11.5 Å². The molecule has 208 valence electrons. The summed E-state index contributed by atoms with van der Waals surface area (Å²) in [5, 5.41) is 9.57. The molecule has 2 aromatic carbocycles. The topological polar surface area (TPSA) is 139 Å². The minimum absolute atomic E-state index is 0.0355. The van der Waals surface area contributed by atoms with Crippen LogP contribution in [0.4, 0.5) is 11.6 Å². The van der Waals surface area contributed by atoms with E-state index in [1.807, 2.05) is 68.7 Å². The highest BCUT2D eigenvalue weighted by Gasteiger charge is 2.17. The number of carbonyl (C=O) groups excluding carboxylic acids is 1. The quantitative estimate of drug-likeness (QED) is 0.253. The number of amides is 1. The van der Waals surface area contributed by atoms with Gasteiger partial charge >= 0.3 is 0 Å². The Morgan fingerprint density at radius 2 is 1.83 bits per heavy atom. The van der Waals surface area contributed by atoms with Crippen LogP contribution in [0.3, 0.4) is 0 Å². The molecule has 10 heteroatoms. The third-order valence-corrected chi connectivity index (χ3v) is 6.23. The molecule has 0 aliphatic carbocycles. The summed E-state index contributed by atoms with van der Waals surface area (Å²) in [6.45, 7) is 4.00. The lowest BCUT2D eigenvalue weighted by molar-refractivity contribution is 0.100. The molecule has 0 spiro atoms. The molecule has 0 saturated heterocycles. The van der Waals surface area contributed by atoms with Crippen LogP contribution in [0, 0.1) is 11.8 Å². The van der Waals surface area contributed by atoms with Gasteiger partial charge in [-0.25, -0.2) is 9.67 Å². The number of primary amides is 1. The average molecular weight is 549 g/mol. The number of rotatable bonds is 5. The number of aryl methyl sites for hydroxylation is 3. The van der Waals surface area contributed by atoms with Gasteiger partial charge in [0, 0.05) is 43.5 Å². The van der Waals surface area contributed by atoms with Crippen LogP contribution in [-0.2, 0) is 20.5 Å². The van der Waals surface area contributed by atoms with Gasteiger partial charge in [-0.15, -0.1) is 0 Å². The number of pyridine rings is 1. The molecule has 0 atom stereocenters. The average Bonchev–Trinajstić information content (AvgIpc) is 3.51. The van der Waals surface area contributed by atoms with E-state index in [1.54, 1.807) is 28.7 Å². The van der Waals surface area contributed by atoms with Gasteiger partial charge in [0.2, 0.25) is 0 Å². The summed E-state index contributed by atoms with van der Waals surface area (Å²) in [4.78, 5) is 28.5. The van der Waals surface area contributed by atoms with Crippen LogP contribution in [0.25, 0.3) is 16.5 Å². The van der Waals surface area contributed by atoms with Gasteiger partial charge in [0.05, 0.1) is 17.1 Å². The molecule has 0 unspecified atom stereocenters. The molecule has 4 N–H and O–H groups in total. The Balaban J connectivity index is 0.000000234. The predicted molar refractivity (Wildman–Crippen MR) is 163 cm³/mol. The molecule has 3 heterocycles. The van der Waals surface area contributed by atoms with E-state index in [0.29, 0.717) is 11.2 Å². The van der Waals surface area contributed by atoms with Crippen molar-refractivity contribution in [2.24, 2.45) is 24.8 Å². The number of nitrogen functional groups attached to an aromatic ring is 1. The van der Waals surface area contributed by atoms with Gasteiger partial charge in [-0.2, -0.15) is 10.2 Å². The van der Waals surface area contributed by atoms with E-state index in [0.717, 1.165) is 40.7 Å². The van der Waals surface area contributed by atoms with Gasteiger partial charge in [0.25, 0.3) is 11.5 Å². The largest absolute Gasteiger partial charge is 0.381 e. The number of para-hydroxylation sites is 1. The third kappa shape index (κ3) is 6.25. The van der Waals surface area contributed by atoms with Crippen molar-refractivity contribution in [3.05, 3.63) is 99.7 Å². The highest BCUT2D eigenvalue weighted by molar-refractivity contribution is 6.02. The second kappa shape index (κ2) is 12.6. The molecule has 0 aliphatic heterocycles. The smallest absolute Gasteiger partial charge is 0.264 e. The number of hydrogen-bond acceptors (Lipinski definition) is 6. The van der Waals surface area contributed by atoms with E-state index < -0.39 is 5.91 Å². The Morgan fingerprint density at radius 3 is 2.46 bits per heavy atom. The zero-order chi connectivity index (χ0) is 29.5. The lowest BCUT2D eigenvalue weighted by atomic mass is 10.0. The van der Waals surface area contributed by atoms with Gasteiger partial charge in [-0.05, 0) is 42.5 Å². The van der Waals surface area contributed by atoms with Crippen LogP contribution in [-0.4, -0.2) is 36.2 Å². The standard InChI is InChI=1S/C23H19N3O.C8H13N5O/c1-3-20-14-19-9-7-8-18(13-12-17-15-24-25(2)16-17)22(19)23(27)26(20)21-10-5-4-6-11-21;1-3-4-11-8-5(7(10)14)6(9)12-13(8)2/h4-11,14-16H,3H2,1-2H3;4H,3H2,1-2H3,(H2,9,12)(H2,10,14)/b;11-4-. The summed E-state index contributed by atoms with van der Waals surface area (Å²) < 4.78 is 4.93. The van der Waals surface area contributed by atoms with Crippen LogP contribution < -0.4 is 17.0 Å². The zero-order valence-electron chi connectivity index (χ0n) is 23.5. The number of aliphatic imine (C=N–C) groups is 1. The number of anilines is 1. The Labute approximate surface area is 237 Å².